The Morgan fingerprint density at radius 3 is 2.73 bits per heavy atom. The number of hydrogen-bond donors (Lipinski definition) is 1. The van der Waals surface area contributed by atoms with Crippen molar-refractivity contribution in [3.05, 3.63) is 68.4 Å². The van der Waals surface area contributed by atoms with Crippen LogP contribution in [0, 0.1) is 17.1 Å². The third-order valence-corrected chi connectivity index (χ3v) is 6.14. The van der Waals surface area contributed by atoms with Crippen LogP contribution < -0.4 is 14.8 Å². The van der Waals surface area contributed by atoms with E-state index in [1.807, 2.05) is 19.9 Å². The van der Waals surface area contributed by atoms with Crippen LogP contribution in [0.2, 0.25) is 0 Å². The van der Waals surface area contributed by atoms with Crippen molar-refractivity contribution < 1.29 is 18.7 Å². The van der Waals surface area contributed by atoms with Crippen molar-refractivity contribution in [2.24, 2.45) is 0 Å². The van der Waals surface area contributed by atoms with Crippen LogP contribution in [0.15, 0.2) is 46.4 Å². The average molecular weight is 531 g/mol. The monoisotopic (exact) mass is 530 g/mol. The van der Waals surface area contributed by atoms with E-state index in [9.17, 15) is 14.4 Å². The Morgan fingerprint density at radius 2 is 2.09 bits per heavy atom. The van der Waals surface area contributed by atoms with Crippen LogP contribution in [0.25, 0.3) is 6.08 Å². The zero-order chi connectivity index (χ0) is 24.0. The van der Waals surface area contributed by atoms with Gasteiger partial charge in [-0.1, -0.05) is 43.4 Å². The Balaban J connectivity index is 1.81. The van der Waals surface area contributed by atoms with Crippen LogP contribution in [0.1, 0.15) is 35.9 Å². The summed E-state index contributed by atoms with van der Waals surface area (Å²) in [5.41, 5.74) is 0.810. The van der Waals surface area contributed by atoms with Crippen LogP contribution in [-0.4, -0.2) is 23.2 Å². The maximum absolute atomic E-state index is 13.9. The normalized spacial score (nSPS) is 11.2. The van der Waals surface area contributed by atoms with Crippen molar-refractivity contribution in [3.63, 3.8) is 0 Å². The minimum absolute atomic E-state index is 0.00286. The summed E-state index contributed by atoms with van der Waals surface area (Å²) in [6.45, 7) is 3.95. The molecular formula is C23H20BrFN4O3S. The van der Waals surface area contributed by atoms with Gasteiger partial charge in [0.05, 0.1) is 11.6 Å². The Morgan fingerprint density at radius 1 is 1.33 bits per heavy atom. The van der Waals surface area contributed by atoms with E-state index < -0.39 is 5.91 Å². The van der Waals surface area contributed by atoms with Crippen LogP contribution in [0.5, 0.6) is 11.5 Å². The third kappa shape index (κ3) is 6.15. The van der Waals surface area contributed by atoms with Gasteiger partial charge in [0.15, 0.2) is 11.5 Å². The summed E-state index contributed by atoms with van der Waals surface area (Å²) < 4.78 is 25.6. The Labute approximate surface area is 203 Å². The molecule has 0 saturated heterocycles. The fourth-order valence-electron chi connectivity index (χ4n) is 2.73. The molecule has 3 rings (SSSR count). The Kier molecular flexibility index (Phi) is 8.14. The molecule has 33 heavy (non-hydrogen) atoms. The molecule has 0 aliphatic rings. The number of carbonyl (C=O) groups is 1. The van der Waals surface area contributed by atoms with E-state index in [1.54, 1.807) is 30.3 Å². The van der Waals surface area contributed by atoms with E-state index in [1.165, 1.54) is 30.6 Å². The van der Waals surface area contributed by atoms with Gasteiger partial charge in [-0.25, -0.2) is 4.39 Å². The highest BCUT2D eigenvalue weighted by Crippen LogP contribution is 2.38. The average Bonchev–Trinajstić information content (AvgIpc) is 3.26. The summed E-state index contributed by atoms with van der Waals surface area (Å²) in [7, 11) is 1.46. The summed E-state index contributed by atoms with van der Waals surface area (Å²) in [5.74, 6) is -0.0546. The van der Waals surface area contributed by atoms with E-state index >= 15 is 0 Å². The minimum Gasteiger partial charge on any atom is -0.493 e. The molecule has 0 spiro atoms. The van der Waals surface area contributed by atoms with Gasteiger partial charge in [-0.2, -0.15) is 5.26 Å². The third-order valence-electron chi connectivity index (χ3n) is 4.41. The second-order valence-electron chi connectivity index (χ2n) is 7.14. The lowest BCUT2D eigenvalue weighted by Gasteiger charge is -2.14. The SMILES string of the molecule is COc1cc(/C=C(/C#N)C(=O)Nc2nnc(C(C)C)s2)cc(Br)c1OCc1ccccc1F. The van der Waals surface area contributed by atoms with Gasteiger partial charge in [-0.05, 0) is 45.8 Å². The van der Waals surface area contributed by atoms with Gasteiger partial charge in [0.2, 0.25) is 5.13 Å². The molecule has 2 aromatic carbocycles. The Hall–Kier alpha value is -3.29. The van der Waals surface area contributed by atoms with Gasteiger partial charge in [-0.15, -0.1) is 10.2 Å². The van der Waals surface area contributed by atoms with Gasteiger partial charge in [0, 0.05) is 11.5 Å². The topological polar surface area (TPSA) is 97.1 Å². The molecule has 10 heteroatoms. The number of rotatable bonds is 8. The van der Waals surface area contributed by atoms with Gasteiger partial charge in [-0.3, -0.25) is 10.1 Å². The first-order valence-electron chi connectivity index (χ1n) is 9.82. The van der Waals surface area contributed by atoms with Crippen molar-refractivity contribution >= 4 is 44.4 Å². The molecule has 0 unspecified atom stereocenters. The van der Waals surface area contributed by atoms with Crippen molar-refractivity contribution in [2.45, 2.75) is 26.4 Å². The smallest absolute Gasteiger partial charge is 0.268 e. The number of ether oxygens (including phenoxy) is 2. The first-order chi connectivity index (χ1) is 15.8. The quantitative estimate of drug-likeness (QED) is 0.296. The number of benzene rings is 2. The molecule has 3 aromatic rings. The molecule has 0 saturated carbocycles. The predicted octanol–water partition coefficient (Wildman–Crippen LogP) is 5.70. The number of nitriles is 1. The number of anilines is 1. The molecule has 1 aromatic heterocycles. The summed E-state index contributed by atoms with van der Waals surface area (Å²) in [6, 6.07) is 11.5. The zero-order valence-electron chi connectivity index (χ0n) is 18.1. The van der Waals surface area contributed by atoms with Crippen molar-refractivity contribution in [3.8, 4) is 17.6 Å². The highest BCUT2D eigenvalue weighted by atomic mass is 79.9. The van der Waals surface area contributed by atoms with Crippen molar-refractivity contribution in [1.82, 2.24) is 10.2 Å². The molecule has 0 aliphatic heterocycles. The maximum atomic E-state index is 13.9. The molecule has 7 nitrogen and oxygen atoms in total. The highest BCUT2D eigenvalue weighted by Gasteiger charge is 2.16. The molecule has 170 valence electrons. The van der Waals surface area contributed by atoms with Gasteiger partial charge < -0.3 is 9.47 Å². The summed E-state index contributed by atoms with van der Waals surface area (Å²) in [4.78, 5) is 12.6. The van der Waals surface area contributed by atoms with Crippen LogP contribution >= 0.6 is 27.3 Å². The molecule has 0 aliphatic carbocycles. The number of aromatic nitrogens is 2. The van der Waals surface area contributed by atoms with Gasteiger partial charge in [0.25, 0.3) is 5.91 Å². The molecule has 1 N–H and O–H groups in total. The summed E-state index contributed by atoms with van der Waals surface area (Å²) in [5, 5.41) is 21.2. The number of halogens is 2. The van der Waals surface area contributed by atoms with Crippen LogP contribution in [-0.2, 0) is 11.4 Å². The van der Waals surface area contributed by atoms with E-state index in [0.29, 0.717) is 32.2 Å². The molecule has 1 amide bonds. The number of nitrogens with one attached hydrogen (secondary N) is 1. The lowest BCUT2D eigenvalue weighted by atomic mass is 10.1. The minimum atomic E-state index is -0.598. The number of carbonyl (C=O) groups excluding carboxylic acids is 1. The fraction of sp³-hybridized carbons (Fsp3) is 0.217. The van der Waals surface area contributed by atoms with E-state index in [-0.39, 0.29) is 23.9 Å². The standard InChI is InChI=1S/C23H20BrFN4O3S/c1-13(2)22-28-29-23(33-22)27-21(30)16(11-26)8-14-9-17(24)20(19(10-14)31-3)32-12-15-6-4-5-7-18(15)25/h4-10,13H,12H2,1-3H3,(H,27,29,30)/b16-8-. The molecule has 1 heterocycles. The van der Waals surface area contributed by atoms with Gasteiger partial charge >= 0.3 is 0 Å². The predicted molar refractivity (Wildman–Crippen MR) is 128 cm³/mol. The first-order valence-corrected chi connectivity index (χ1v) is 11.4. The van der Waals surface area contributed by atoms with Crippen LogP contribution in [0.4, 0.5) is 9.52 Å². The van der Waals surface area contributed by atoms with Crippen molar-refractivity contribution in [2.75, 3.05) is 12.4 Å². The van der Waals surface area contributed by atoms with E-state index in [4.69, 9.17) is 9.47 Å². The lowest BCUT2D eigenvalue weighted by molar-refractivity contribution is -0.112. The zero-order valence-corrected chi connectivity index (χ0v) is 20.5. The molecule has 0 radical (unpaired) electrons. The highest BCUT2D eigenvalue weighted by molar-refractivity contribution is 9.10. The fourth-order valence-corrected chi connectivity index (χ4v) is 4.04. The number of hydrogen-bond acceptors (Lipinski definition) is 7. The maximum Gasteiger partial charge on any atom is 0.268 e. The molecule has 0 fully saturated rings. The van der Waals surface area contributed by atoms with Crippen LogP contribution in [0.3, 0.4) is 0 Å². The number of nitrogens with zero attached hydrogens (tertiary/aromatic N) is 3. The molecule has 0 bridgehead atoms. The first kappa shape index (κ1) is 24.4. The number of methoxy groups -OCH3 is 1. The molecular weight excluding hydrogens is 511 g/mol. The Bertz CT molecular complexity index is 1240. The second kappa shape index (κ2) is 11.0. The van der Waals surface area contributed by atoms with E-state index in [0.717, 1.165) is 5.01 Å². The summed E-state index contributed by atoms with van der Waals surface area (Å²) in [6.07, 6.45) is 1.42. The van der Waals surface area contributed by atoms with E-state index in [2.05, 4.69) is 31.4 Å². The second-order valence-corrected chi connectivity index (χ2v) is 9.00. The van der Waals surface area contributed by atoms with Gasteiger partial charge in [0.1, 0.15) is 29.1 Å². The number of amides is 1. The largest absolute Gasteiger partial charge is 0.493 e. The lowest BCUT2D eigenvalue weighted by Crippen LogP contribution is -2.13. The summed E-state index contributed by atoms with van der Waals surface area (Å²) >= 11 is 4.68. The van der Waals surface area contributed by atoms with Crippen molar-refractivity contribution in [1.29, 1.82) is 5.26 Å². The molecule has 0 atom stereocenters.